The van der Waals surface area contributed by atoms with Crippen molar-refractivity contribution in [1.29, 1.82) is 0 Å². The lowest BCUT2D eigenvalue weighted by molar-refractivity contribution is -0.173. The molecule has 1 saturated heterocycles. The first-order valence-corrected chi connectivity index (χ1v) is 15.0. The smallest absolute Gasteiger partial charge is 0.358 e. The van der Waals surface area contributed by atoms with E-state index >= 15 is 0 Å². The Hall–Kier alpha value is -3.57. The molecular formula is C25H28ClF2N5O8S2. The van der Waals surface area contributed by atoms with E-state index in [4.69, 9.17) is 25.9 Å². The molecule has 234 valence electrons. The zero-order valence-corrected chi connectivity index (χ0v) is 25.5. The number of fused-ring (bicyclic) bond motifs is 1. The molecule has 18 heteroatoms. The van der Waals surface area contributed by atoms with Gasteiger partial charge in [-0.05, 0) is 26.3 Å². The highest BCUT2D eigenvalue weighted by molar-refractivity contribution is 8.00. The van der Waals surface area contributed by atoms with E-state index in [2.05, 4.69) is 20.8 Å². The first kappa shape index (κ1) is 33.9. The fourth-order valence-corrected chi connectivity index (χ4v) is 5.57. The third-order valence-corrected chi connectivity index (χ3v) is 7.91. The van der Waals surface area contributed by atoms with E-state index in [1.807, 2.05) is 0 Å². The largest absolute Gasteiger partial charge is 0.427 e. The number of ether oxygens (including phenoxy) is 2. The van der Waals surface area contributed by atoms with E-state index in [-0.39, 0.29) is 28.2 Å². The van der Waals surface area contributed by atoms with E-state index in [1.54, 1.807) is 32.9 Å². The number of nitrogens with one attached hydrogen (secondary N) is 2. The highest BCUT2D eigenvalue weighted by Crippen LogP contribution is 2.41. The highest BCUT2D eigenvalue weighted by atomic mass is 35.5. The van der Waals surface area contributed by atoms with E-state index in [0.29, 0.717) is 12.0 Å². The number of thiazole rings is 1. The molecule has 2 aliphatic heterocycles. The second kappa shape index (κ2) is 15.2. The molecule has 0 spiro atoms. The number of rotatable bonds is 14. The summed E-state index contributed by atoms with van der Waals surface area (Å²) in [4.78, 5) is 72.3. The molecule has 1 fully saturated rings. The number of hydrogen-bond acceptors (Lipinski definition) is 12. The number of carbonyl (C=O) groups is 5. The Morgan fingerprint density at radius 3 is 2.63 bits per heavy atom. The number of amides is 3. The summed E-state index contributed by atoms with van der Waals surface area (Å²) in [5.74, 6) is -2.81. The van der Waals surface area contributed by atoms with Crippen LogP contribution in [0.4, 0.5) is 13.9 Å². The summed E-state index contributed by atoms with van der Waals surface area (Å²) in [6, 6.07) is -1.15. The molecule has 0 radical (unpaired) electrons. The summed E-state index contributed by atoms with van der Waals surface area (Å²) >= 11 is 7.93. The normalized spacial score (nSPS) is 18.7. The van der Waals surface area contributed by atoms with E-state index in [1.165, 1.54) is 17.1 Å². The van der Waals surface area contributed by atoms with Crippen LogP contribution in [-0.4, -0.2) is 95.1 Å². The molecule has 2 N–H and O–H groups in total. The van der Waals surface area contributed by atoms with Gasteiger partial charge in [-0.25, -0.2) is 18.6 Å². The Kier molecular flexibility index (Phi) is 12.0. The highest BCUT2D eigenvalue weighted by Gasteiger charge is 2.54. The lowest BCUT2D eigenvalue weighted by Crippen LogP contribution is -2.71. The van der Waals surface area contributed by atoms with Crippen molar-refractivity contribution in [1.82, 2.24) is 15.2 Å². The molecule has 0 unspecified atom stereocenters. The quantitative estimate of drug-likeness (QED) is 0.0574. The van der Waals surface area contributed by atoms with Crippen molar-refractivity contribution >= 4 is 75.7 Å². The van der Waals surface area contributed by atoms with Gasteiger partial charge in [-0.2, -0.15) is 0 Å². The molecular weight excluding hydrogens is 636 g/mol. The van der Waals surface area contributed by atoms with Crippen LogP contribution >= 0.6 is 34.7 Å². The van der Waals surface area contributed by atoms with Gasteiger partial charge in [0.2, 0.25) is 13.2 Å². The van der Waals surface area contributed by atoms with Crippen LogP contribution in [-0.2, 0) is 38.3 Å². The molecule has 13 nitrogen and oxygen atoms in total. The number of aromatic nitrogens is 1. The maximum Gasteiger partial charge on any atom is 0.358 e. The molecule has 0 bridgehead atoms. The van der Waals surface area contributed by atoms with Gasteiger partial charge in [0, 0.05) is 17.0 Å². The molecule has 3 heterocycles. The van der Waals surface area contributed by atoms with E-state index < -0.39 is 72.5 Å². The Morgan fingerprint density at radius 1 is 1.28 bits per heavy atom. The predicted molar refractivity (Wildman–Crippen MR) is 154 cm³/mol. The topological polar surface area (TPSA) is 166 Å². The Balaban J connectivity index is 1.80. The predicted octanol–water partition coefficient (Wildman–Crippen LogP) is 2.28. The molecule has 0 aromatic carbocycles. The standard InChI is InChI=1S/C25H28ClF2N5O8S2/c1-25(2,3)23(38)40-12-39-22(37)18-13(5-4-6-26)9-42-21-17(20(36)33(18)21)31-19(35)16(32-41-14(7-27)8-28)15-10-43-24(30-15)29-11-34/h4-5,10-11,14,17,21H,6-9,12H2,1-3H3,(H,31,35)(H,29,30,34)/b5-4+,32-16-/t17-,21-/m1/s1. The van der Waals surface area contributed by atoms with Crippen molar-refractivity contribution in [2.24, 2.45) is 10.6 Å². The molecule has 2 aliphatic rings. The van der Waals surface area contributed by atoms with Crippen LogP contribution < -0.4 is 10.6 Å². The van der Waals surface area contributed by atoms with Crippen LogP contribution in [0.2, 0.25) is 0 Å². The summed E-state index contributed by atoms with van der Waals surface area (Å²) in [6.45, 7) is 1.76. The molecule has 0 aliphatic carbocycles. The molecule has 3 rings (SSSR count). The number of halogens is 3. The Bertz CT molecular complexity index is 1330. The second-order valence-corrected chi connectivity index (χ2v) is 12.1. The van der Waals surface area contributed by atoms with Crippen molar-refractivity contribution in [3.8, 4) is 0 Å². The number of esters is 2. The number of β-lactam (4-membered cyclic amide) rings is 1. The van der Waals surface area contributed by atoms with Crippen molar-refractivity contribution in [2.75, 3.05) is 37.1 Å². The summed E-state index contributed by atoms with van der Waals surface area (Å²) < 4.78 is 36.1. The van der Waals surface area contributed by atoms with Crippen LogP contribution in [0.1, 0.15) is 26.5 Å². The van der Waals surface area contributed by atoms with Crippen LogP contribution in [0.25, 0.3) is 0 Å². The van der Waals surface area contributed by atoms with Gasteiger partial charge in [-0.3, -0.25) is 24.1 Å². The molecule has 3 amide bonds. The van der Waals surface area contributed by atoms with E-state index in [9.17, 15) is 32.8 Å². The minimum Gasteiger partial charge on any atom is -0.427 e. The maximum atomic E-state index is 13.3. The molecule has 1 aromatic heterocycles. The van der Waals surface area contributed by atoms with Gasteiger partial charge in [0.15, 0.2) is 16.9 Å². The van der Waals surface area contributed by atoms with Gasteiger partial charge >= 0.3 is 11.9 Å². The van der Waals surface area contributed by atoms with Crippen molar-refractivity contribution in [2.45, 2.75) is 38.3 Å². The zero-order chi connectivity index (χ0) is 31.7. The first-order chi connectivity index (χ1) is 20.5. The Morgan fingerprint density at radius 2 is 2.00 bits per heavy atom. The van der Waals surface area contributed by atoms with Gasteiger partial charge in [-0.1, -0.05) is 17.3 Å². The number of hydrogen-bond donors (Lipinski definition) is 2. The molecule has 2 atom stereocenters. The molecule has 1 aromatic rings. The minimum absolute atomic E-state index is 0.0919. The van der Waals surface area contributed by atoms with Gasteiger partial charge in [0.1, 0.15) is 36.2 Å². The number of oxime groups is 1. The number of anilines is 1. The average Bonchev–Trinajstić information content (AvgIpc) is 3.43. The zero-order valence-electron chi connectivity index (χ0n) is 23.1. The third kappa shape index (κ3) is 8.29. The first-order valence-electron chi connectivity index (χ1n) is 12.5. The monoisotopic (exact) mass is 663 g/mol. The fourth-order valence-electron chi connectivity index (χ4n) is 3.51. The lowest BCUT2D eigenvalue weighted by atomic mass is 9.98. The minimum atomic E-state index is -1.58. The second-order valence-electron chi connectivity index (χ2n) is 9.80. The van der Waals surface area contributed by atoms with Gasteiger partial charge in [0.05, 0.1) is 5.41 Å². The van der Waals surface area contributed by atoms with E-state index in [0.717, 1.165) is 16.2 Å². The van der Waals surface area contributed by atoms with Crippen molar-refractivity contribution < 1.29 is 47.1 Å². The van der Waals surface area contributed by atoms with Crippen LogP contribution in [0.15, 0.2) is 34.0 Å². The van der Waals surface area contributed by atoms with Crippen LogP contribution in [0.5, 0.6) is 0 Å². The van der Waals surface area contributed by atoms with Gasteiger partial charge < -0.3 is 24.9 Å². The summed E-state index contributed by atoms with van der Waals surface area (Å²) in [5, 5.41) is 9.08. The summed E-state index contributed by atoms with van der Waals surface area (Å²) in [5.41, 5.74) is -1.12. The maximum absolute atomic E-state index is 13.3. The lowest BCUT2D eigenvalue weighted by Gasteiger charge is -2.49. The van der Waals surface area contributed by atoms with Crippen LogP contribution in [0.3, 0.4) is 0 Å². The van der Waals surface area contributed by atoms with Gasteiger partial charge in [-0.15, -0.1) is 34.7 Å². The third-order valence-electron chi connectivity index (χ3n) is 5.66. The number of carbonyl (C=O) groups excluding carboxylic acids is 5. The number of nitrogens with zero attached hydrogens (tertiary/aromatic N) is 3. The van der Waals surface area contributed by atoms with Crippen LogP contribution in [0, 0.1) is 5.41 Å². The molecule has 43 heavy (non-hydrogen) atoms. The molecule has 0 saturated carbocycles. The fraction of sp³-hybridized carbons (Fsp3) is 0.480. The summed E-state index contributed by atoms with van der Waals surface area (Å²) in [6.07, 6.45) is 1.92. The average molecular weight is 664 g/mol. The van der Waals surface area contributed by atoms with Crippen molar-refractivity contribution in [3.63, 3.8) is 0 Å². The summed E-state index contributed by atoms with van der Waals surface area (Å²) in [7, 11) is 0. The van der Waals surface area contributed by atoms with Crippen molar-refractivity contribution in [3.05, 3.63) is 34.5 Å². The number of alkyl halides is 3. The SMILES string of the molecule is CC(C)(C)C(=O)OCOC(=O)C1=C(/C=C/CCl)CS[C@@H]2[C@H](NC(=O)/C(=N\OC(CF)CF)c3csc(NC=O)n3)C(=O)N12. The number of allylic oxidation sites excluding steroid dienone is 2. The van der Waals surface area contributed by atoms with Gasteiger partial charge in [0.25, 0.3) is 11.8 Å². The number of thioether (sulfide) groups is 1. The Labute approximate surface area is 258 Å².